The highest BCUT2D eigenvalue weighted by Crippen LogP contribution is 2.47. The van der Waals surface area contributed by atoms with Crippen molar-refractivity contribution in [3.63, 3.8) is 0 Å². The van der Waals surface area contributed by atoms with Crippen molar-refractivity contribution in [2.45, 2.75) is 31.7 Å². The van der Waals surface area contributed by atoms with Crippen molar-refractivity contribution in [2.75, 3.05) is 0 Å². The minimum absolute atomic E-state index is 0.117. The van der Waals surface area contributed by atoms with Gasteiger partial charge in [0.1, 0.15) is 0 Å². The zero-order chi connectivity index (χ0) is 13.6. The van der Waals surface area contributed by atoms with Crippen LogP contribution in [0.25, 0.3) is 0 Å². The maximum atomic E-state index is 13.9. The molecule has 1 aliphatic rings. The van der Waals surface area contributed by atoms with E-state index in [0.717, 1.165) is 18.9 Å². The van der Waals surface area contributed by atoms with Gasteiger partial charge in [-0.2, -0.15) is 0 Å². The van der Waals surface area contributed by atoms with Crippen molar-refractivity contribution in [1.29, 1.82) is 0 Å². The van der Waals surface area contributed by atoms with Gasteiger partial charge < -0.3 is 9.84 Å². The van der Waals surface area contributed by atoms with E-state index in [1.807, 2.05) is 0 Å². The maximum absolute atomic E-state index is 13.9. The number of halogens is 4. The number of rotatable bonds is 3. The van der Waals surface area contributed by atoms with Crippen molar-refractivity contribution in [3.8, 4) is 5.75 Å². The molecule has 0 aromatic heterocycles. The SMILES string of the molecule is CC(O)(c1cccc(OC(F)(F)F)c1F)C1CC1. The van der Waals surface area contributed by atoms with E-state index in [2.05, 4.69) is 4.74 Å². The summed E-state index contributed by atoms with van der Waals surface area (Å²) in [7, 11) is 0. The molecule has 6 heteroatoms. The first-order valence-electron chi connectivity index (χ1n) is 5.49. The molecule has 1 fully saturated rings. The van der Waals surface area contributed by atoms with Crippen LogP contribution in [0.1, 0.15) is 25.3 Å². The summed E-state index contributed by atoms with van der Waals surface area (Å²) >= 11 is 0. The van der Waals surface area contributed by atoms with Crippen molar-refractivity contribution in [2.24, 2.45) is 5.92 Å². The van der Waals surface area contributed by atoms with Gasteiger partial charge in [0.2, 0.25) is 0 Å². The lowest BCUT2D eigenvalue weighted by molar-refractivity contribution is -0.275. The van der Waals surface area contributed by atoms with Crippen LogP contribution in [0.4, 0.5) is 17.6 Å². The van der Waals surface area contributed by atoms with Crippen molar-refractivity contribution in [3.05, 3.63) is 29.6 Å². The second-order valence-corrected chi connectivity index (χ2v) is 4.59. The van der Waals surface area contributed by atoms with Gasteiger partial charge in [-0.05, 0) is 31.7 Å². The monoisotopic (exact) mass is 264 g/mol. The van der Waals surface area contributed by atoms with E-state index in [-0.39, 0.29) is 11.5 Å². The summed E-state index contributed by atoms with van der Waals surface area (Å²) in [4.78, 5) is 0. The minimum atomic E-state index is -4.95. The second kappa shape index (κ2) is 4.12. The first-order chi connectivity index (χ1) is 8.22. The zero-order valence-electron chi connectivity index (χ0n) is 9.59. The van der Waals surface area contributed by atoms with Crippen LogP contribution in [0.2, 0.25) is 0 Å². The van der Waals surface area contributed by atoms with E-state index in [9.17, 15) is 22.7 Å². The van der Waals surface area contributed by atoms with Crippen LogP contribution < -0.4 is 4.74 Å². The molecule has 1 aromatic rings. The third-order valence-corrected chi connectivity index (χ3v) is 3.11. The summed E-state index contributed by atoms with van der Waals surface area (Å²) in [5.74, 6) is -2.19. The van der Waals surface area contributed by atoms with Gasteiger partial charge >= 0.3 is 6.36 Å². The van der Waals surface area contributed by atoms with E-state index in [1.165, 1.54) is 19.1 Å². The van der Waals surface area contributed by atoms with E-state index in [0.29, 0.717) is 0 Å². The van der Waals surface area contributed by atoms with Gasteiger partial charge in [0.05, 0.1) is 5.60 Å². The Kier molecular flexibility index (Phi) is 3.01. The highest BCUT2D eigenvalue weighted by Gasteiger charge is 2.43. The Balaban J connectivity index is 2.35. The van der Waals surface area contributed by atoms with Crippen LogP contribution in [0.15, 0.2) is 18.2 Å². The topological polar surface area (TPSA) is 29.5 Å². The van der Waals surface area contributed by atoms with E-state index < -0.39 is 23.5 Å². The Morgan fingerprint density at radius 3 is 2.39 bits per heavy atom. The fourth-order valence-corrected chi connectivity index (χ4v) is 1.97. The van der Waals surface area contributed by atoms with E-state index in [1.54, 1.807) is 0 Å². The Hall–Kier alpha value is -1.30. The fraction of sp³-hybridized carbons (Fsp3) is 0.500. The van der Waals surface area contributed by atoms with Crippen LogP contribution in [-0.4, -0.2) is 11.5 Å². The number of alkyl halides is 3. The lowest BCUT2D eigenvalue weighted by Gasteiger charge is -2.25. The molecule has 1 atom stereocenters. The predicted molar refractivity (Wildman–Crippen MR) is 55.4 cm³/mol. The molecule has 0 heterocycles. The fourth-order valence-electron chi connectivity index (χ4n) is 1.97. The molecule has 1 unspecified atom stereocenters. The minimum Gasteiger partial charge on any atom is -0.403 e. The average Bonchev–Trinajstić information content (AvgIpc) is 3.02. The summed E-state index contributed by atoms with van der Waals surface area (Å²) in [6.07, 6.45) is -3.49. The number of aliphatic hydroxyl groups is 1. The molecule has 2 nitrogen and oxygen atoms in total. The Morgan fingerprint density at radius 2 is 1.89 bits per heavy atom. The van der Waals surface area contributed by atoms with Gasteiger partial charge in [-0.1, -0.05) is 12.1 Å². The van der Waals surface area contributed by atoms with Crippen LogP contribution in [0.3, 0.4) is 0 Å². The second-order valence-electron chi connectivity index (χ2n) is 4.59. The van der Waals surface area contributed by atoms with Gasteiger partial charge in [-0.25, -0.2) is 4.39 Å². The van der Waals surface area contributed by atoms with E-state index in [4.69, 9.17) is 0 Å². The normalized spacial score (nSPS) is 19.4. The summed E-state index contributed by atoms with van der Waals surface area (Å²) in [6.45, 7) is 1.40. The number of benzene rings is 1. The van der Waals surface area contributed by atoms with Crippen molar-refractivity contribution in [1.82, 2.24) is 0 Å². The molecule has 1 aromatic carbocycles. The molecule has 0 spiro atoms. The largest absolute Gasteiger partial charge is 0.573 e. The molecule has 100 valence electrons. The standard InChI is InChI=1S/C12H12F4O2/c1-11(17,7-5-6-7)8-3-2-4-9(10(8)13)18-12(14,15)16/h2-4,7,17H,5-6H2,1H3. The number of ether oxygens (including phenoxy) is 1. The quantitative estimate of drug-likeness (QED) is 0.848. The molecule has 18 heavy (non-hydrogen) atoms. The Bertz CT molecular complexity index is 450. The Morgan fingerprint density at radius 1 is 1.28 bits per heavy atom. The molecule has 0 aliphatic heterocycles. The van der Waals surface area contributed by atoms with Crippen LogP contribution >= 0.6 is 0 Å². The molecular weight excluding hydrogens is 252 g/mol. The molecule has 0 bridgehead atoms. The third-order valence-electron chi connectivity index (χ3n) is 3.11. The molecule has 0 amide bonds. The van der Waals surface area contributed by atoms with Gasteiger partial charge in [-0.3, -0.25) is 0 Å². The van der Waals surface area contributed by atoms with Gasteiger partial charge in [0.25, 0.3) is 0 Å². The highest BCUT2D eigenvalue weighted by molar-refractivity contribution is 5.35. The first-order valence-corrected chi connectivity index (χ1v) is 5.49. The summed E-state index contributed by atoms with van der Waals surface area (Å²) in [5, 5.41) is 10.2. The molecule has 0 radical (unpaired) electrons. The van der Waals surface area contributed by atoms with Gasteiger partial charge in [-0.15, -0.1) is 13.2 Å². The molecular formula is C12H12F4O2. The predicted octanol–water partition coefficient (Wildman–Crippen LogP) is 3.34. The van der Waals surface area contributed by atoms with Crippen LogP contribution in [0, 0.1) is 11.7 Å². The van der Waals surface area contributed by atoms with Gasteiger partial charge in [0, 0.05) is 5.56 Å². The zero-order valence-corrected chi connectivity index (χ0v) is 9.59. The third kappa shape index (κ3) is 2.58. The summed E-state index contributed by atoms with van der Waals surface area (Å²) in [5.41, 5.74) is -1.62. The molecule has 2 rings (SSSR count). The van der Waals surface area contributed by atoms with E-state index >= 15 is 0 Å². The first kappa shape index (κ1) is 13.1. The van der Waals surface area contributed by atoms with Crippen LogP contribution in [-0.2, 0) is 5.60 Å². The Labute approximate surface area is 101 Å². The maximum Gasteiger partial charge on any atom is 0.573 e. The lowest BCUT2D eigenvalue weighted by Crippen LogP contribution is -2.26. The molecule has 0 saturated heterocycles. The average molecular weight is 264 g/mol. The summed E-state index contributed by atoms with van der Waals surface area (Å²) in [6, 6.07) is 3.39. The molecule has 1 N–H and O–H groups in total. The smallest absolute Gasteiger partial charge is 0.403 e. The van der Waals surface area contributed by atoms with Crippen molar-refractivity contribution >= 4 is 0 Å². The molecule has 1 saturated carbocycles. The summed E-state index contributed by atoms with van der Waals surface area (Å²) < 4.78 is 53.7. The lowest BCUT2D eigenvalue weighted by atomic mass is 9.90. The number of hydrogen-bond donors (Lipinski definition) is 1. The van der Waals surface area contributed by atoms with Crippen molar-refractivity contribution < 1.29 is 27.4 Å². The molecule has 1 aliphatic carbocycles. The van der Waals surface area contributed by atoms with Gasteiger partial charge in [0.15, 0.2) is 11.6 Å². The number of hydrogen-bond acceptors (Lipinski definition) is 2. The van der Waals surface area contributed by atoms with Crippen LogP contribution in [0.5, 0.6) is 5.75 Å². The highest BCUT2D eigenvalue weighted by atomic mass is 19.4.